The number of nitrogens with zero attached hydrogens (tertiary/aromatic N) is 2. The van der Waals surface area contributed by atoms with Crippen LogP contribution in [0.4, 0.5) is 13.2 Å². The van der Waals surface area contributed by atoms with Gasteiger partial charge in [-0.3, -0.25) is 0 Å². The fourth-order valence-corrected chi connectivity index (χ4v) is 4.68. The highest BCUT2D eigenvalue weighted by Gasteiger charge is 2.30. The van der Waals surface area contributed by atoms with Crippen molar-refractivity contribution in [3.63, 3.8) is 0 Å². The van der Waals surface area contributed by atoms with Crippen LogP contribution in [-0.4, -0.2) is 13.5 Å². The molecule has 9 heteroatoms. The number of thioether (sulfide) groups is 1. The lowest BCUT2D eigenvalue weighted by Gasteiger charge is -2.07. The number of aryl methyl sites for hydroxylation is 1. The minimum absolute atomic E-state index is 0.126. The second-order valence-electron chi connectivity index (χ2n) is 6.03. The van der Waals surface area contributed by atoms with Crippen LogP contribution in [0.15, 0.2) is 74.9 Å². The molecular weight excluding hydrogens is 421 g/mol. The number of allylic oxidation sites excluding steroid dienone is 2. The average molecular weight is 434 g/mol. The molecule has 4 nitrogen and oxygen atoms in total. The van der Waals surface area contributed by atoms with Crippen LogP contribution in [0.3, 0.4) is 0 Å². The van der Waals surface area contributed by atoms with Crippen molar-refractivity contribution < 1.29 is 21.6 Å². The fourth-order valence-electron chi connectivity index (χ4n) is 2.60. The zero-order valence-corrected chi connectivity index (χ0v) is 16.6. The minimum Gasteiger partial charge on any atom is -0.199 e. The van der Waals surface area contributed by atoms with Gasteiger partial charge in [-0.2, -0.15) is 31.2 Å². The van der Waals surface area contributed by atoms with Crippen LogP contribution in [0, 0.1) is 18.3 Å². The van der Waals surface area contributed by atoms with E-state index in [1.807, 2.05) is 19.1 Å². The molecule has 0 unspecified atom stereocenters. The molecule has 0 atom stereocenters. The zero-order valence-electron chi connectivity index (χ0n) is 14.9. The Morgan fingerprint density at radius 3 is 2.31 bits per heavy atom. The smallest absolute Gasteiger partial charge is 0.199 e. The van der Waals surface area contributed by atoms with E-state index >= 15 is 0 Å². The second-order valence-corrected chi connectivity index (χ2v) is 8.69. The Balaban J connectivity index is 1.90. The van der Waals surface area contributed by atoms with Gasteiger partial charge in [0.25, 0.3) is 10.0 Å². The van der Waals surface area contributed by atoms with Crippen LogP contribution in [0.2, 0.25) is 0 Å². The van der Waals surface area contributed by atoms with Crippen LogP contribution in [0.25, 0.3) is 5.57 Å². The molecule has 0 N–H and O–H groups in total. The van der Waals surface area contributed by atoms with Crippen molar-refractivity contribution in [2.45, 2.75) is 18.0 Å². The van der Waals surface area contributed by atoms with E-state index < -0.39 is 21.8 Å². The number of halogens is 3. The Hall–Kier alpha value is -2.83. The summed E-state index contributed by atoms with van der Waals surface area (Å²) in [4.78, 5) is 0.201. The third kappa shape index (κ3) is 4.60. The molecule has 0 aliphatic carbocycles. The van der Waals surface area contributed by atoms with Gasteiger partial charge in [0.05, 0.1) is 16.0 Å². The first-order valence-corrected chi connectivity index (χ1v) is 10.5. The van der Waals surface area contributed by atoms with Gasteiger partial charge >= 0.3 is 6.18 Å². The van der Waals surface area contributed by atoms with Crippen molar-refractivity contribution in [3.05, 3.63) is 82.3 Å². The molecule has 2 aromatic carbocycles. The average Bonchev–Trinajstić information content (AvgIpc) is 3.11. The summed E-state index contributed by atoms with van der Waals surface area (Å²) in [6.07, 6.45) is -1.50. The van der Waals surface area contributed by atoms with Crippen LogP contribution in [-0.2, 0) is 16.2 Å². The first-order valence-electron chi connectivity index (χ1n) is 8.20. The molecule has 1 aliphatic heterocycles. The van der Waals surface area contributed by atoms with Crippen molar-refractivity contribution in [2.75, 3.05) is 0 Å². The quantitative estimate of drug-likeness (QED) is 0.612. The second kappa shape index (κ2) is 7.89. The summed E-state index contributed by atoms with van der Waals surface area (Å²) in [5.74, 6) is 0. The molecule has 1 heterocycles. The molecule has 0 radical (unpaired) electrons. The maximum absolute atomic E-state index is 12.6. The number of benzene rings is 2. The van der Waals surface area contributed by atoms with Crippen molar-refractivity contribution in [3.8, 4) is 6.07 Å². The molecule has 0 saturated heterocycles. The molecule has 1 aliphatic rings. The van der Waals surface area contributed by atoms with Crippen molar-refractivity contribution in [1.29, 1.82) is 5.26 Å². The van der Waals surface area contributed by atoms with Gasteiger partial charge in [0, 0.05) is 4.91 Å². The molecule has 0 fully saturated rings. The summed E-state index contributed by atoms with van der Waals surface area (Å²) >= 11 is 1.01. The third-order valence-corrected chi connectivity index (χ3v) is 6.47. The normalized spacial score (nSPS) is 17.4. The number of hydrogen-bond acceptors (Lipinski definition) is 4. The van der Waals surface area contributed by atoms with Gasteiger partial charge in [-0.05, 0) is 54.5 Å². The molecule has 148 valence electrons. The molecule has 0 bridgehead atoms. The first kappa shape index (κ1) is 20.9. The summed E-state index contributed by atoms with van der Waals surface area (Å²) in [6, 6.07) is 12.6. The lowest BCUT2D eigenvalue weighted by molar-refractivity contribution is -0.137. The number of rotatable bonds is 3. The molecular formula is C20H13F3N2O2S2. The largest absolute Gasteiger partial charge is 0.416 e. The van der Waals surface area contributed by atoms with Crippen molar-refractivity contribution in [2.24, 2.45) is 4.40 Å². The van der Waals surface area contributed by atoms with E-state index in [2.05, 4.69) is 10.5 Å². The maximum atomic E-state index is 12.6. The zero-order chi connectivity index (χ0) is 21.2. The number of alkyl halides is 3. The maximum Gasteiger partial charge on any atom is 0.416 e. The first-order chi connectivity index (χ1) is 13.6. The molecule has 2 aromatic rings. The molecule has 29 heavy (non-hydrogen) atoms. The topological polar surface area (TPSA) is 70.3 Å². The van der Waals surface area contributed by atoms with Gasteiger partial charge < -0.3 is 0 Å². The third-order valence-electron chi connectivity index (χ3n) is 4.05. The molecule has 0 spiro atoms. The highest BCUT2D eigenvalue weighted by atomic mass is 32.2. The predicted molar refractivity (Wildman–Crippen MR) is 107 cm³/mol. The number of nitriles is 1. The van der Waals surface area contributed by atoms with Crippen molar-refractivity contribution in [1.82, 2.24) is 0 Å². The van der Waals surface area contributed by atoms with E-state index in [4.69, 9.17) is 0 Å². The summed E-state index contributed by atoms with van der Waals surface area (Å²) in [5, 5.41) is 9.67. The lowest BCUT2D eigenvalue weighted by atomic mass is 10.0. The summed E-state index contributed by atoms with van der Waals surface area (Å²) < 4.78 is 66.5. The van der Waals surface area contributed by atoms with Crippen molar-refractivity contribution >= 4 is 32.4 Å². The molecule has 3 rings (SSSR count). The van der Waals surface area contributed by atoms with E-state index in [1.54, 1.807) is 18.2 Å². The van der Waals surface area contributed by atoms with Gasteiger partial charge in [0.15, 0.2) is 0 Å². The highest BCUT2D eigenvalue weighted by Crippen LogP contribution is 2.36. The minimum atomic E-state index is -4.55. The molecule has 0 saturated carbocycles. The van der Waals surface area contributed by atoms with E-state index in [0.29, 0.717) is 22.6 Å². The molecule has 0 aromatic heterocycles. The Morgan fingerprint density at radius 1 is 1.07 bits per heavy atom. The van der Waals surface area contributed by atoms with E-state index in [9.17, 15) is 26.9 Å². The van der Waals surface area contributed by atoms with Gasteiger partial charge in [0.2, 0.25) is 0 Å². The molecule has 0 amide bonds. The van der Waals surface area contributed by atoms with E-state index in [-0.39, 0.29) is 9.94 Å². The van der Waals surface area contributed by atoms with Gasteiger partial charge in [0.1, 0.15) is 11.1 Å². The Kier molecular flexibility index (Phi) is 5.68. The van der Waals surface area contributed by atoms with Crippen LogP contribution >= 0.6 is 11.8 Å². The fraction of sp³-hybridized carbons (Fsp3) is 0.100. The van der Waals surface area contributed by atoms with E-state index in [1.165, 1.54) is 6.08 Å². The van der Waals surface area contributed by atoms with Gasteiger partial charge in [-0.15, -0.1) is 0 Å². The van der Waals surface area contributed by atoms with Gasteiger partial charge in [-0.1, -0.05) is 36.0 Å². The standard InChI is InChI=1S/C20H13F3N2O2S2/c1-13-4-2-3-5-16(13)17(12-24)18-10-11-19(28-18)25-29(26,27)15-8-6-14(7-9-15)20(21,22)23/h2-11H,1H3/b18-17+,25-19-. The van der Waals surface area contributed by atoms with Gasteiger partial charge in [-0.25, -0.2) is 0 Å². The van der Waals surface area contributed by atoms with Crippen LogP contribution < -0.4 is 0 Å². The van der Waals surface area contributed by atoms with E-state index in [0.717, 1.165) is 35.0 Å². The van der Waals surface area contributed by atoms with Crippen LogP contribution in [0.1, 0.15) is 16.7 Å². The summed E-state index contributed by atoms with van der Waals surface area (Å²) in [6.45, 7) is 1.86. The predicted octanol–water partition coefficient (Wildman–Crippen LogP) is 5.34. The van der Waals surface area contributed by atoms with Crippen LogP contribution in [0.5, 0.6) is 0 Å². The Labute approximate surface area is 170 Å². The number of hydrogen-bond donors (Lipinski definition) is 0. The Morgan fingerprint density at radius 2 is 1.72 bits per heavy atom. The highest BCUT2D eigenvalue weighted by molar-refractivity contribution is 8.18. The lowest BCUT2D eigenvalue weighted by Crippen LogP contribution is -2.06. The monoisotopic (exact) mass is 434 g/mol. The number of sulfonamides is 1. The Bertz CT molecular complexity index is 1190. The summed E-state index contributed by atoms with van der Waals surface area (Å²) in [5.41, 5.74) is 1.07. The summed E-state index contributed by atoms with van der Waals surface area (Å²) in [7, 11) is -4.19. The SMILES string of the molecule is Cc1ccccc1/C(C#N)=C1C=C/C(=N/S(=O)(=O)c2ccc(C(F)(F)F)cc2)S\1.